The van der Waals surface area contributed by atoms with Crippen LogP contribution in [-0.4, -0.2) is 29.4 Å². The summed E-state index contributed by atoms with van der Waals surface area (Å²) in [5, 5.41) is 8.84. The fourth-order valence-electron chi connectivity index (χ4n) is 2.42. The molecule has 0 saturated heterocycles. The fourth-order valence-corrected chi connectivity index (χ4v) is 3.29. The number of aliphatic hydroxyl groups is 1. The van der Waals surface area contributed by atoms with Gasteiger partial charge in [0.1, 0.15) is 0 Å². The average Bonchev–Trinajstić information content (AvgIpc) is 2.37. The topological polar surface area (TPSA) is 77.4 Å². The molecule has 0 bridgehead atoms. The Balaban J connectivity index is 0. The van der Waals surface area contributed by atoms with Crippen molar-refractivity contribution in [2.75, 3.05) is 0 Å². The summed E-state index contributed by atoms with van der Waals surface area (Å²) in [4.78, 5) is 0. The Labute approximate surface area is 173 Å². The first-order chi connectivity index (χ1) is 9.41. The van der Waals surface area contributed by atoms with Crippen LogP contribution in [0.5, 0.6) is 0 Å². The van der Waals surface area contributed by atoms with Crippen molar-refractivity contribution in [3.63, 3.8) is 0 Å². The summed E-state index contributed by atoms with van der Waals surface area (Å²) in [6.07, 6.45) is 9.84. The number of hydrogen-bond donors (Lipinski definition) is 1. The summed E-state index contributed by atoms with van der Waals surface area (Å²) in [5.41, 5.74) is 0. The molecule has 0 aliphatic rings. The van der Waals surface area contributed by atoms with Crippen molar-refractivity contribution in [1.82, 2.24) is 0 Å². The number of unbranched alkanes of at least 4 members (excludes halogenated alkanes) is 7. The second kappa shape index (κ2) is 15.1. The van der Waals surface area contributed by atoms with Crippen molar-refractivity contribution in [3.05, 3.63) is 0 Å². The molecule has 21 heavy (non-hydrogen) atoms. The Morgan fingerprint density at radius 3 is 1.86 bits per heavy atom. The Hall–Kier alpha value is 1.51. The molecule has 0 amide bonds. The normalized spacial score (nSPS) is 14.5. The van der Waals surface area contributed by atoms with Gasteiger partial charge in [0, 0.05) is 0 Å². The van der Waals surface area contributed by atoms with Crippen molar-refractivity contribution in [2.24, 2.45) is 0 Å². The monoisotopic (exact) mass is 346 g/mol. The third-order valence-corrected chi connectivity index (χ3v) is 5.13. The molecule has 0 rings (SSSR count). The molecule has 2 atom stereocenters. The third-order valence-electron chi connectivity index (χ3n) is 3.79. The van der Waals surface area contributed by atoms with Gasteiger partial charge >= 0.3 is 51.4 Å². The smallest absolute Gasteiger partial charge is 0.748 e. The van der Waals surface area contributed by atoms with Crippen LogP contribution in [-0.2, 0) is 10.1 Å². The van der Waals surface area contributed by atoms with Crippen LogP contribution in [0.3, 0.4) is 0 Å². The van der Waals surface area contributed by atoms with E-state index >= 15 is 0 Å². The van der Waals surface area contributed by atoms with Gasteiger partial charge < -0.3 is 9.66 Å². The summed E-state index contributed by atoms with van der Waals surface area (Å²) in [6.45, 7) is 3.87. The van der Waals surface area contributed by atoms with Crippen LogP contribution in [0.15, 0.2) is 0 Å². The summed E-state index contributed by atoms with van der Waals surface area (Å²) >= 11 is 0. The quantitative estimate of drug-likeness (QED) is 0.301. The van der Waals surface area contributed by atoms with Gasteiger partial charge in [0.25, 0.3) is 0 Å². The Kier molecular flexibility index (Phi) is 17.8. The zero-order valence-electron chi connectivity index (χ0n) is 14.0. The minimum atomic E-state index is -4.27. The summed E-state index contributed by atoms with van der Waals surface area (Å²) in [6, 6.07) is 0. The van der Waals surface area contributed by atoms with E-state index in [2.05, 4.69) is 6.92 Å². The second-order valence-electron chi connectivity index (χ2n) is 5.68. The van der Waals surface area contributed by atoms with Gasteiger partial charge in [-0.15, -0.1) is 0 Å². The van der Waals surface area contributed by atoms with Gasteiger partial charge in [0.15, 0.2) is 0 Å². The molecule has 0 spiro atoms. The molecule has 4 nitrogen and oxygen atoms in total. The summed E-state index contributed by atoms with van der Waals surface area (Å²) in [5.74, 6) is 0. The molecular weight excluding hydrogens is 315 g/mol. The maximum absolute atomic E-state index is 10.9. The molecule has 0 aromatic carbocycles. The van der Waals surface area contributed by atoms with Crippen LogP contribution in [0.2, 0.25) is 0 Å². The predicted molar refractivity (Wildman–Crippen MR) is 81.6 cm³/mol. The first-order valence-corrected chi connectivity index (χ1v) is 9.51. The van der Waals surface area contributed by atoms with E-state index in [9.17, 15) is 18.1 Å². The summed E-state index contributed by atoms with van der Waals surface area (Å²) < 4.78 is 32.8. The standard InChI is InChI=1S/C15H32O4S.K/c1-3-5-6-7-8-9-10-11-12-14(16)13-15(4-2)20(17,18)19;/h14-16H,3-13H2,1-2H3,(H,17,18,19);/q;+1/p-1. The van der Waals surface area contributed by atoms with Gasteiger partial charge in [-0.3, -0.25) is 0 Å². The van der Waals surface area contributed by atoms with Crippen LogP contribution in [0, 0.1) is 0 Å². The van der Waals surface area contributed by atoms with Crippen LogP contribution in [0.25, 0.3) is 0 Å². The first-order valence-electron chi connectivity index (χ1n) is 8.04. The van der Waals surface area contributed by atoms with E-state index in [4.69, 9.17) is 0 Å². The molecule has 2 unspecified atom stereocenters. The fraction of sp³-hybridized carbons (Fsp3) is 1.00. The van der Waals surface area contributed by atoms with Crippen LogP contribution in [0.1, 0.15) is 84.5 Å². The molecule has 122 valence electrons. The summed E-state index contributed by atoms with van der Waals surface area (Å²) in [7, 11) is -4.27. The minimum Gasteiger partial charge on any atom is -0.748 e. The number of aliphatic hydroxyl groups excluding tert-OH is 1. The molecular formula is C15H31KO4S. The molecule has 0 saturated carbocycles. The maximum Gasteiger partial charge on any atom is 1.00 e. The molecule has 0 radical (unpaired) electrons. The van der Waals surface area contributed by atoms with Crippen molar-refractivity contribution in [2.45, 2.75) is 95.8 Å². The largest absolute Gasteiger partial charge is 1.00 e. The number of hydrogen-bond acceptors (Lipinski definition) is 4. The van der Waals surface area contributed by atoms with Crippen molar-refractivity contribution in [1.29, 1.82) is 0 Å². The van der Waals surface area contributed by atoms with Crippen molar-refractivity contribution < 1.29 is 69.5 Å². The second-order valence-corrected chi connectivity index (χ2v) is 7.33. The molecule has 0 aromatic rings. The molecule has 0 aliphatic heterocycles. The third kappa shape index (κ3) is 14.8. The van der Waals surface area contributed by atoms with Crippen LogP contribution < -0.4 is 51.4 Å². The molecule has 0 fully saturated rings. The zero-order chi connectivity index (χ0) is 15.4. The van der Waals surface area contributed by atoms with Crippen LogP contribution >= 0.6 is 0 Å². The van der Waals surface area contributed by atoms with Crippen molar-refractivity contribution in [3.8, 4) is 0 Å². The Morgan fingerprint density at radius 2 is 1.43 bits per heavy atom. The average molecular weight is 347 g/mol. The Morgan fingerprint density at radius 1 is 0.952 bits per heavy atom. The molecule has 0 aromatic heterocycles. The van der Waals surface area contributed by atoms with Crippen LogP contribution in [0.4, 0.5) is 0 Å². The van der Waals surface area contributed by atoms with Gasteiger partial charge in [-0.1, -0.05) is 65.2 Å². The van der Waals surface area contributed by atoms with E-state index in [0.717, 1.165) is 12.8 Å². The SMILES string of the molecule is CCCCCCCCCCC(O)CC(CC)S(=O)(=O)[O-].[K+]. The first kappa shape index (κ1) is 24.8. The van der Waals surface area contributed by atoms with Gasteiger partial charge in [-0.2, -0.15) is 0 Å². The van der Waals surface area contributed by atoms with Crippen molar-refractivity contribution >= 4 is 10.1 Å². The van der Waals surface area contributed by atoms with Gasteiger partial charge in [0.05, 0.1) is 21.5 Å². The minimum absolute atomic E-state index is 0. The number of rotatable bonds is 13. The van der Waals surface area contributed by atoms with E-state index in [1.807, 2.05) is 0 Å². The van der Waals surface area contributed by atoms with E-state index < -0.39 is 21.5 Å². The molecule has 1 N–H and O–H groups in total. The predicted octanol–water partition coefficient (Wildman–Crippen LogP) is 0.596. The van der Waals surface area contributed by atoms with E-state index in [-0.39, 0.29) is 64.2 Å². The van der Waals surface area contributed by atoms with E-state index in [1.54, 1.807) is 6.92 Å². The Bertz CT molecular complexity index is 320. The van der Waals surface area contributed by atoms with E-state index in [1.165, 1.54) is 38.5 Å². The van der Waals surface area contributed by atoms with Gasteiger partial charge in [0.2, 0.25) is 0 Å². The van der Waals surface area contributed by atoms with E-state index in [0.29, 0.717) is 6.42 Å². The van der Waals surface area contributed by atoms with Gasteiger partial charge in [-0.05, 0) is 19.3 Å². The maximum atomic E-state index is 10.9. The zero-order valence-corrected chi connectivity index (χ0v) is 18.0. The molecule has 6 heteroatoms. The van der Waals surface area contributed by atoms with Gasteiger partial charge in [-0.25, -0.2) is 8.42 Å². The molecule has 0 aliphatic carbocycles. The molecule has 0 heterocycles.